The van der Waals surface area contributed by atoms with E-state index in [1.807, 2.05) is 42.5 Å². The third-order valence-corrected chi connectivity index (χ3v) is 5.12. The normalized spacial score (nSPS) is 12.1. The number of hydrogen-bond donors (Lipinski definition) is 3. The summed E-state index contributed by atoms with van der Waals surface area (Å²) in [5.41, 5.74) is 1.14. The number of ether oxygens (including phenoxy) is 1. The number of hydrogen-bond acceptors (Lipinski definition) is 3. The molecule has 0 saturated heterocycles. The summed E-state index contributed by atoms with van der Waals surface area (Å²) in [5, 5.41) is 10.8. The summed E-state index contributed by atoms with van der Waals surface area (Å²) in [6, 6.07) is 20.3. The molecule has 1 amide bonds. The summed E-state index contributed by atoms with van der Waals surface area (Å²) in [4.78, 5) is 12.6. The highest BCUT2D eigenvalue weighted by Crippen LogP contribution is 2.30. The van der Waals surface area contributed by atoms with Gasteiger partial charge in [0.1, 0.15) is 11.9 Å². The van der Waals surface area contributed by atoms with Gasteiger partial charge in [0.05, 0.1) is 7.11 Å². The number of thiocarbonyl (C=S) groups is 1. The smallest absolute Gasteiger partial charge is 0.253 e. The van der Waals surface area contributed by atoms with E-state index in [1.165, 1.54) is 7.11 Å². The van der Waals surface area contributed by atoms with Gasteiger partial charge in [0.25, 0.3) is 5.91 Å². The molecule has 156 valence electrons. The molecule has 0 aliphatic heterocycles. The summed E-state index contributed by atoms with van der Waals surface area (Å²) in [6.07, 6.45) is -1.09. The number of nitrogens with one attached hydrogen (secondary N) is 3. The minimum Gasteiger partial charge on any atom is -0.497 e. The largest absolute Gasteiger partial charge is 0.497 e. The Bertz CT molecular complexity index is 1070. The van der Waals surface area contributed by atoms with Gasteiger partial charge in [0.2, 0.25) is 3.79 Å². The average molecular weight is 483 g/mol. The van der Waals surface area contributed by atoms with Crippen molar-refractivity contribution in [3.63, 3.8) is 0 Å². The van der Waals surface area contributed by atoms with E-state index in [4.69, 9.17) is 51.8 Å². The standard InChI is InChI=1S/C21H18Cl3N3O2S/c1-29-15-9-4-8-14(12-15)18(28)26-19(21(22,23)24)27-20(30)25-17-11-5-7-13-6-2-3-10-16(13)17/h2-12,19H,1H3,(H,26,28)(H2,25,27,30). The molecule has 3 aromatic rings. The molecule has 0 spiro atoms. The molecule has 1 unspecified atom stereocenters. The Hall–Kier alpha value is -2.25. The first-order valence-corrected chi connectivity index (χ1v) is 10.4. The lowest BCUT2D eigenvalue weighted by Gasteiger charge is -2.28. The van der Waals surface area contributed by atoms with Crippen LogP contribution in [0.15, 0.2) is 66.7 Å². The first-order valence-electron chi connectivity index (χ1n) is 8.85. The van der Waals surface area contributed by atoms with Crippen molar-refractivity contribution in [2.75, 3.05) is 12.4 Å². The van der Waals surface area contributed by atoms with Crippen LogP contribution >= 0.6 is 47.0 Å². The number of anilines is 1. The number of halogens is 3. The Morgan fingerprint density at radius 3 is 2.43 bits per heavy atom. The molecule has 0 aromatic heterocycles. The molecule has 0 fully saturated rings. The summed E-state index contributed by atoms with van der Waals surface area (Å²) < 4.78 is 3.28. The van der Waals surface area contributed by atoms with Gasteiger partial charge in [-0.25, -0.2) is 0 Å². The minimum absolute atomic E-state index is 0.189. The Morgan fingerprint density at radius 1 is 1.00 bits per heavy atom. The fourth-order valence-corrected chi connectivity index (χ4v) is 3.36. The lowest BCUT2D eigenvalue weighted by Crippen LogP contribution is -2.56. The van der Waals surface area contributed by atoms with Crippen LogP contribution in [0.5, 0.6) is 5.75 Å². The highest BCUT2D eigenvalue weighted by molar-refractivity contribution is 7.80. The monoisotopic (exact) mass is 481 g/mol. The van der Waals surface area contributed by atoms with Crippen LogP contribution in [0.4, 0.5) is 5.69 Å². The van der Waals surface area contributed by atoms with Gasteiger partial charge in [0, 0.05) is 16.6 Å². The van der Waals surface area contributed by atoms with Gasteiger partial charge in [-0.3, -0.25) is 4.79 Å². The maximum Gasteiger partial charge on any atom is 0.253 e. The maximum atomic E-state index is 12.6. The molecular weight excluding hydrogens is 465 g/mol. The molecule has 3 aromatic carbocycles. The summed E-state index contributed by atoms with van der Waals surface area (Å²) in [7, 11) is 1.51. The van der Waals surface area contributed by atoms with Gasteiger partial charge in [-0.15, -0.1) is 0 Å². The molecule has 0 radical (unpaired) electrons. The molecular formula is C21H18Cl3N3O2S. The van der Waals surface area contributed by atoms with Crippen LogP contribution in [0, 0.1) is 0 Å². The van der Waals surface area contributed by atoms with Crippen LogP contribution in [-0.2, 0) is 0 Å². The predicted octanol–water partition coefficient (Wildman–Crippen LogP) is 5.26. The average Bonchev–Trinajstić information content (AvgIpc) is 2.73. The van der Waals surface area contributed by atoms with Gasteiger partial charge in [-0.2, -0.15) is 0 Å². The van der Waals surface area contributed by atoms with E-state index in [0.29, 0.717) is 11.3 Å². The zero-order chi connectivity index (χ0) is 21.7. The van der Waals surface area contributed by atoms with E-state index in [1.54, 1.807) is 24.3 Å². The lowest BCUT2D eigenvalue weighted by molar-refractivity contribution is 0.0934. The van der Waals surface area contributed by atoms with E-state index < -0.39 is 15.9 Å². The van der Waals surface area contributed by atoms with Crippen LogP contribution in [0.3, 0.4) is 0 Å². The van der Waals surface area contributed by atoms with Gasteiger partial charge in [-0.05, 0) is 41.9 Å². The van der Waals surface area contributed by atoms with Crippen molar-refractivity contribution in [1.82, 2.24) is 10.6 Å². The predicted molar refractivity (Wildman–Crippen MR) is 128 cm³/mol. The summed E-state index contributed by atoms with van der Waals surface area (Å²) >= 11 is 23.6. The second-order valence-corrected chi connectivity index (χ2v) is 9.08. The maximum absolute atomic E-state index is 12.6. The molecule has 0 bridgehead atoms. The minimum atomic E-state index is -1.86. The van der Waals surface area contributed by atoms with E-state index >= 15 is 0 Å². The molecule has 1 atom stereocenters. The number of carbonyl (C=O) groups is 1. The second-order valence-electron chi connectivity index (χ2n) is 6.31. The van der Waals surface area contributed by atoms with Gasteiger partial charge >= 0.3 is 0 Å². The topological polar surface area (TPSA) is 62.4 Å². The number of fused-ring (bicyclic) bond motifs is 1. The van der Waals surface area contributed by atoms with Gasteiger partial charge in [0.15, 0.2) is 5.11 Å². The number of alkyl halides is 3. The Balaban J connectivity index is 1.74. The number of amides is 1. The number of carbonyl (C=O) groups excluding carboxylic acids is 1. The van der Waals surface area contributed by atoms with Crippen LogP contribution < -0.4 is 20.7 Å². The summed E-state index contributed by atoms with van der Waals surface area (Å²) in [5.74, 6) is 0.0832. The van der Waals surface area contributed by atoms with Crippen molar-refractivity contribution in [1.29, 1.82) is 0 Å². The zero-order valence-electron chi connectivity index (χ0n) is 15.8. The fraction of sp³-hybridized carbons (Fsp3) is 0.143. The van der Waals surface area contributed by atoms with E-state index in [9.17, 15) is 4.79 Å². The molecule has 9 heteroatoms. The number of benzene rings is 3. The summed E-state index contributed by atoms with van der Waals surface area (Å²) in [6.45, 7) is 0. The van der Waals surface area contributed by atoms with Crippen LogP contribution in [0.25, 0.3) is 10.8 Å². The fourth-order valence-electron chi connectivity index (χ4n) is 2.80. The van der Waals surface area contributed by atoms with Crippen molar-refractivity contribution in [3.8, 4) is 5.75 Å². The van der Waals surface area contributed by atoms with E-state index in [0.717, 1.165) is 16.5 Å². The molecule has 3 N–H and O–H groups in total. The van der Waals surface area contributed by atoms with E-state index in [-0.39, 0.29) is 5.11 Å². The van der Waals surface area contributed by atoms with Gasteiger partial charge in [-0.1, -0.05) is 77.3 Å². The van der Waals surface area contributed by atoms with Crippen molar-refractivity contribution >= 4 is 74.5 Å². The molecule has 0 saturated carbocycles. The van der Waals surface area contributed by atoms with Crippen molar-refractivity contribution in [3.05, 3.63) is 72.3 Å². The molecule has 30 heavy (non-hydrogen) atoms. The molecule has 0 aliphatic carbocycles. The second kappa shape index (κ2) is 9.71. The number of rotatable bonds is 5. The Morgan fingerprint density at radius 2 is 1.70 bits per heavy atom. The molecule has 5 nitrogen and oxygen atoms in total. The third-order valence-electron chi connectivity index (χ3n) is 4.25. The Kier molecular flexibility index (Phi) is 7.26. The van der Waals surface area contributed by atoms with Crippen LogP contribution in [0.2, 0.25) is 0 Å². The molecule has 0 aliphatic rings. The van der Waals surface area contributed by atoms with Crippen molar-refractivity contribution < 1.29 is 9.53 Å². The zero-order valence-corrected chi connectivity index (χ0v) is 18.9. The van der Waals surface area contributed by atoms with Crippen molar-refractivity contribution in [2.45, 2.75) is 9.96 Å². The van der Waals surface area contributed by atoms with Gasteiger partial charge < -0.3 is 20.7 Å². The van der Waals surface area contributed by atoms with Crippen molar-refractivity contribution in [2.24, 2.45) is 0 Å². The Labute approximate surface area is 194 Å². The number of methoxy groups -OCH3 is 1. The highest BCUT2D eigenvalue weighted by Gasteiger charge is 2.35. The highest BCUT2D eigenvalue weighted by atomic mass is 35.6. The van der Waals surface area contributed by atoms with E-state index in [2.05, 4.69) is 16.0 Å². The van der Waals surface area contributed by atoms with Crippen LogP contribution in [0.1, 0.15) is 10.4 Å². The lowest BCUT2D eigenvalue weighted by atomic mass is 10.1. The first kappa shape index (κ1) is 22.4. The van der Waals surface area contributed by atoms with Crippen LogP contribution in [-0.4, -0.2) is 28.1 Å². The first-order chi connectivity index (χ1) is 14.3. The molecule has 3 rings (SSSR count). The SMILES string of the molecule is COc1cccc(C(=O)NC(NC(=S)Nc2cccc3ccccc23)C(Cl)(Cl)Cl)c1. The molecule has 0 heterocycles. The quantitative estimate of drug-likeness (QED) is 0.263. The third kappa shape index (κ3) is 5.67.